The van der Waals surface area contributed by atoms with Gasteiger partial charge in [-0.25, -0.2) is 0 Å². The first-order valence-electron chi connectivity index (χ1n) is 10.7. The summed E-state index contributed by atoms with van der Waals surface area (Å²) in [5.41, 5.74) is 0. The molecule has 2 saturated heterocycles. The maximum atomic E-state index is 5.67. The third kappa shape index (κ3) is 7.41. The van der Waals surface area contributed by atoms with E-state index in [1.807, 2.05) is 7.05 Å². The molecule has 2 heterocycles. The van der Waals surface area contributed by atoms with E-state index in [1.165, 1.54) is 38.6 Å². The van der Waals surface area contributed by atoms with Gasteiger partial charge in [0.25, 0.3) is 0 Å². The molecule has 0 aromatic rings. The number of hydrogen-bond acceptors (Lipinski definition) is 4. The molecule has 1 unspecified atom stereocenters. The van der Waals surface area contributed by atoms with Crippen LogP contribution in [0, 0.1) is 0 Å². The van der Waals surface area contributed by atoms with Crippen LogP contribution >= 0.6 is 0 Å². The molecule has 2 aliphatic rings. The fourth-order valence-corrected chi connectivity index (χ4v) is 4.03. The zero-order valence-corrected chi connectivity index (χ0v) is 17.5. The number of nitrogens with zero attached hydrogens (tertiary/aromatic N) is 3. The van der Waals surface area contributed by atoms with E-state index in [0.29, 0.717) is 18.2 Å². The van der Waals surface area contributed by atoms with Crippen LogP contribution in [0.15, 0.2) is 4.99 Å². The Morgan fingerprint density at radius 2 is 1.92 bits per heavy atom. The van der Waals surface area contributed by atoms with E-state index in [-0.39, 0.29) is 0 Å². The fourth-order valence-electron chi connectivity index (χ4n) is 4.03. The number of aliphatic imine (C=N–C) groups is 1. The van der Waals surface area contributed by atoms with Crippen molar-refractivity contribution in [2.75, 3.05) is 52.9 Å². The van der Waals surface area contributed by atoms with E-state index in [9.17, 15) is 0 Å². The lowest BCUT2D eigenvalue weighted by atomic mass is 10.0. The molecule has 2 aliphatic heterocycles. The summed E-state index contributed by atoms with van der Waals surface area (Å²) in [6.07, 6.45) is 6.68. The molecule has 2 fully saturated rings. The number of likely N-dealkylation sites (N-methyl/N-ethyl adjacent to an activating group) is 1. The SMILES string of the molecule is CCN1CCCCC1CNC(=NC)NC1CCN(CCOC(C)C)CC1. The summed E-state index contributed by atoms with van der Waals surface area (Å²) >= 11 is 0. The molecule has 0 aromatic carbocycles. The zero-order valence-electron chi connectivity index (χ0n) is 17.5. The van der Waals surface area contributed by atoms with Gasteiger partial charge in [0.2, 0.25) is 0 Å². The maximum absolute atomic E-state index is 5.67. The molecule has 0 spiro atoms. The molecule has 1 atom stereocenters. The largest absolute Gasteiger partial charge is 0.377 e. The van der Waals surface area contributed by atoms with Crippen LogP contribution in [0.3, 0.4) is 0 Å². The quantitative estimate of drug-likeness (QED) is 0.507. The number of rotatable bonds is 8. The van der Waals surface area contributed by atoms with Crippen molar-refractivity contribution in [3.8, 4) is 0 Å². The highest BCUT2D eigenvalue weighted by Crippen LogP contribution is 2.16. The molecule has 6 nitrogen and oxygen atoms in total. The van der Waals surface area contributed by atoms with Gasteiger partial charge in [-0.05, 0) is 52.6 Å². The maximum Gasteiger partial charge on any atom is 0.191 e. The Hall–Kier alpha value is -0.850. The van der Waals surface area contributed by atoms with E-state index in [0.717, 1.165) is 45.3 Å². The fraction of sp³-hybridized carbons (Fsp3) is 0.950. The summed E-state index contributed by atoms with van der Waals surface area (Å²) in [5, 5.41) is 7.21. The Morgan fingerprint density at radius 3 is 2.58 bits per heavy atom. The number of ether oxygens (including phenoxy) is 1. The van der Waals surface area contributed by atoms with Crippen LogP contribution in [0.2, 0.25) is 0 Å². The van der Waals surface area contributed by atoms with Crippen molar-refractivity contribution in [2.45, 2.75) is 71.1 Å². The number of piperidine rings is 2. The lowest BCUT2D eigenvalue weighted by molar-refractivity contribution is 0.0532. The Bertz CT molecular complexity index is 407. The van der Waals surface area contributed by atoms with Crippen molar-refractivity contribution in [3.05, 3.63) is 0 Å². The predicted octanol–water partition coefficient (Wildman–Crippen LogP) is 1.92. The van der Waals surface area contributed by atoms with Crippen LogP contribution in [-0.4, -0.2) is 86.9 Å². The third-order valence-electron chi connectivity index (χ3n) is 5.67. The van der Waals surface area contributed by atoms with Gasteiger partial charge in [0, 0.05) is 45.3 Å². The van der Waals surface area contributed by atoms with Crippen LogP contribution in [-0.2, 0) is 4.74 Å². The summed E-state index contributed by atoms with van der Waals surface area (Å²) in [5.74, 6) is 0.966. The van der Waals surface area contributed by atoms with Crippen molar-refractivity contribution in [2.24, 2.45) is 4.99 Å². The van der Waals surface area contributed by atoms with Gasteiger partial charge in [0.1, 0.15) is 0 Å². The molecule has 2 N–H and O–H groups in total. The Labute approximate surface area is 160 Å². The summed E-state index contributed by atoms with van der Waals surface area (Å²) in [7, 11) is 1.88. The van der Waals surface area contributed by atoms with E-state index in [4.69, 9.17) is 4.74 Å². The van der Waals surface area contributed by atoms with Crippen LogP contribution in [0.5, 0.6) is 0 Å². The highest BCUT2D eigenvalue weighted by atomic mass is 16.5. The molecule has 0 bridgehead atoms. The molecule has 0 aliphatic carbocycles. The molecule has 0 amide bonds. The van der Waals surface area contributed by atoms with Gasteiger partial charge in [0.15, 0.2) is 5.96 Å². The Balaban J connectivity index is 1.65. The molecule has 2 rings (SSSR count). The van der Waals surface area contributed by atoms with Gasteiger partial charge in [0.05, 0.1) is 12.7 Å². The third-order valence-corrected chi connectivity index (χ3v) is 5.67. The minimum atomic E-state index is 0.330. The van der Waals surface area contributed by atoms with Gasteiger partial charge in [-0.2, -0.15) is 0 Å². The first-order chi connectivity index (χ1) is 12.6. The van der Waals surface area contributed by atoms with Crippen molar-refractivity contribution in [3.63, 3.8) is 0 Å². The molecule has 6 heteroatoms. The van der Waals surface area contributed by atoms with Gasteiger partial charge < -0.3 is 20.3 Å². The zero-order chi connectivity index (χ0) is 18.8. The van der Waals surface area contributed by atoms with Gasteiger partial charge in [-0.15, -0.1) is 0 Å². The summed E-state index contributed by atoms with van der Waals surface area (Å²) < 4.78 is 5.67. The average molecular weight is 368 g/mol. The normalized spacial score (nSPS) is 24.2. The van der Waals surface area contributed by atoms with E-state index in [2.05, 4.69) is 46.2 Å². The van der Waals surface area contributed by atoms with Gasteiger partial charge >= 0.3 is 0 Å². The highest BCUT2D eigenvalue weighted by molar-refractivity contribution is 5.80. The van der Waals surface area contributed by atoms with Crippen molar-refractivity contribution < 1.29 is 4.74 Å². The lowest BCUT2D eigenvalue weighted by Gasteiger charge is -2.36. The topological polar surface area (TPSA) is 52.1 Å². The summed E-state index contributed by atoms with van der Waals surface area (Å²) in [6, 6.07) is 1.17. The second-order valence-corrected chi connectivity index (χ2v) is 7.91. The van der Waals surface area contributed by atoms with Crippen LogP contribution < -0.4 is 10.6 Å². The first-order valence-corrected chi connectivity index (χ1v) is 10.7. The van der Waals surface area contributed by atoms with E-state index >= 15 is 0 Å². The predicted molar refractivity (Wildman–Crippen MR) is 110 cm³/mol. The minimum Gasteiger partial charge on any atom is -0.377 e. The Morgan fingerprint density at radius 1 is 1.15 bits per heavy atom. The molecule has 0 aromatic heterocycles. The van der Waals surface area contributed by atoms with Crippen molar-refractivity contribution >= 4 is 5.96 Å². The van der Waals surface area contributed by atoms with E-state index in [1.54, 1.807) is 0 Å². The number of likely N-dealkylation sites (tertiary alicyclic amines) is 2. The molecule has 0 saturated carbocycles. The summed E-state index contributed by atoms with van der Waals surface area (Å²) in [6.45, 7) is 14.0. The van der Waals surface area contributed by atoms with E-state index < -0.39 is 0 Å². The van der Waals surface area contributed by atoms with Gasteiger partial charge in [-0.1, -0.05) is 13.3 Å². The number of guanidine groups is 1. The standard InChI is InChI=1S/C20H41N5O/c1-5-25-11-7-6-8-19(25)16-22-20(21-4)23-18-9-12-24(13-10-18)14-15-26-17(2)3/h17-19H,5-16H2,1-4H3,(H2,21,22,23). The second-order valence-electron chi connectivity index (χ2n) is 7.91. The average Bonchev–Trinajstić information content (AvgIpc) is 2.66. The van der Waals surface area contributed by atoms with Crippen LogP contribution in [0.4, 0.5) is 0 Å². The molecule has 152 valence electrons. The van der Waals surface area contributed by atoms with Crippen LogP contribution in [0.1, 0.15) is 52.9 Å². The van der Waals surface area contributed by atoms with Crippen LogP contribution in [0.25, 0.3) is 0 Å². The Kier molecular flexibility index (Phi) is 9.72. The van der Waals surface area contributed by atoms with Crippen molar-refractivity contribution in [1.29, 1.82) is 0 Å². The molecular formula is C20H41N5O. The lowest BCUT2D eigenvalue weighted by Crippen LogP contribution is -2.52. The van der Waals surface area contributed by atoms with Crippen molar-refractivity contribution in [1.82, 2.24) is 20.4 Å². The molecule has 0 radical (unpaired) electrons. The molecular weight excluding hydrogens is 326 g/mol. The highest BCUT2D eigenvalue weighted by Gasteiger charge is 2.22. The van der Waals surface area contributed by atoms with Gasteiger partial charge in [-0.3, -0.25) is 9.89 Å². The second kappa shape index (κ2) is 11.8. The number of hydrogen-bond donors (Lipinski definition) is 2. The summed E-state index contributed by atoms with van der Waals surface area (Å²) in [4.78, 5) is 9.56. The minimum absolute atomic E-state index is 0.330. The number of nitrogens with one attached hydrogen (secondary N) is 2. The molecule has 26 heavy (non-hydrogen) atoms. The smallest absolute Gasteiger partial charge is 0.191 e. The monoisotopic (exact) mass is 367 g/mol. The first kappa shape index (κ1) is 21.5.